The topological polar surface area (TPSA) is 58.6 Å². The number of aryl methyl sites for hydroxylation is 1. The summed E-state index contributed by atoms with van der Waals surface area (Å²) in [6.45, 7) is 0.256. The Labute approximate surface area is 123 Å². The van der Waals surface area contributed by atoms with Gasteiger partial charge in [-0.1, -0.05) is 36.4 Å². The second-order valence-electron chi connectivity index (χ2n) is 5.18. The molecule has 0 spiro atoms. The molecule has 1 aliphatic carbocycles. The quantitative estimate of drug-likeness (QED) is 0.908. The molecule has 1 unspecified atom stereocenters. The van der Waals surface area contributed by atoms with Gasteiger partial charge in [-0.2, -0.15) is 0 Å². The molecule has 108 valence electrons. The summed E-state index contributed by atoms with van der Waals surface area (Å²) in [6, 6.07) is 14.8. The van der Waals surface area contributed by atoms with Crippen molar-refractivity contribution in [3.05, 3.63) is 65.2 Å². The first-order valence-corrected chi connectivity index (χ1v) is 7.01. The van der Waals surface area contributed by atoms with Crippen LogP contribution in [0.2, 0.25) is 0 Å². The molecule has 0 saturated carbocycles. The van der Waals surface area contributed by atoms with Crippen LogP contribution in [0.25, 0.3) is 0 Å². The number of hydrogen-bond acceptors (Lipinski definition) is 3. The molecule has 2 N–H and O–H groups in total. The number of nitrogens with one attached hydrogen (secondary N) is 1. The van der Waals surface area contributed by atoms with Gasteiger partial charge in [0.1, 0.15) is 12.4 Å². The maximum absolute atomic E-state index is 11.9. The van der Waals surface area contributed by atoms with Crippen LogP contribution in [0.4, 0.5) is 4.79 Å². The third kappa shape index (κ3) is 3.16. The van der Waals surface area contributed by atoms with Crippen LogP contribution in [-0.4, -0.2) is 11.2 Å². The molecule has 4 nitrogen and oxygen atoms in total. The van der Waals surface area contributed by atoms with Crippen LogP contribution < -0.4 is 5.32 Å². The minimum atomic E-state index is -0.431. The Hall–Kier alpha value is -2.49. The molecule has 21 heavy (non-hydrogen) atoms. The molecule has 2 aromatic carbocycles. The Morgan fingerprint density at radius 1 is 1.24 bits per heavy atom. The summed E-state index contributed by atoms with van der Waals surface area (Å²) >= 11 is 0. The average Bonchev–Trinajstić information content (AvgIpc) is 2.88. The molecule has 2 aromatic rings. The third-order valence-electron chi connectivity index (χ3n) is 3.71. The van der Waals surface area contributed by atoms with Crippen LogP contribution in [0.3, 0.4) is 0 Å². The van der Waals surface area contributed by atoms with E-state index >= 15 is 0 Å². The summed E-state index contributed by atoms with van der Waals surface area (Å²) < 4.78 is 5.22. The normalized spacial score (nSPS) is 16.3. The molecule has 0 fully saturated rings. The zero-order valence-corrected chi connectivity index (χ0v) is 11.6. The number of hydrogen-bond donors (Lipinski definition) is 2. The highest BCUT2D eigenvalue weighted by molar-refractivity contribution is 5.68. The second-order valence-corrected chi connectivity index (χ2v) is 5.18. The number of aromatic hydroxyl groups is 1. The Bertz CT molecular complexity index is 640. The van der Waals surface area contributed by atoms with Crippen LogP contribution in [0.5, 0.6) is 5.75 Å². The lowest BCUT2D eigenvalue weighted by molar-refractivity contribution is 0.135. The molecule has 0 bridgehead atoms. The van der Waals surface area contributed by atoms with E-state index in [2.05, 4.69) is 5.32 Å². The molecule has 0 radical (unpaired) electrons. The largest absolute Gasteiger partial charge is 0.508 e. The molecule has 0 aliphatic heterocycles. The van der Waals surface area contributed by atoms with E-state index in [1.54, 1.807) is 12.1 Å². The number of alkyl carbamates (subject to hydrolysis) is 1. The van der Waals surface area contributed by atoms with Crippen molar-refractivity contribution in [2.24, 2.45) is 0 Å². The van der Waals surface area contributed by atoms with Crippen molar-refractivity contribution in [2.45, 2.75) is 25.5 Å². The number of benzene rings is 2. The number of phenolic OH excluding ortho intramolecular Hbond substituents is 1. The van der Waals surface area contributed by atoms with Gasteiger partial charge in [-0.05, 0) is 41.7 Å². The lowest BCUT2D eigenvalue weighted by atomic mass is 10.1. The monoisotopic (exact) mass is 283 g/mol. The number of phenols is 1. The van der Waals surface area contributed by atoms with Gasteiger partial charge in [0.25, 0.3) is 0 Å². The highest BCUT2D eigenvalue weighted by Gasteiger charge is 2.24. The highest BCUT2D eigenvalue weighted by atomic mass is 16.5. The zero-order chi connectivity index (χ0) is 14.7. The summed E-state index contributed by atoms with van der Waals surface area (Å²) in [6.07, 6.45) is 1.30. The van der Waals surface area contributed by atoms with Gasteiger partial charge in [0.15, 0.2) is 0 Å². The molecule has 4 heteroatoms. The lowest BCUT2D eigenvalue weighted by Crippen LogP contribution is -2.27. The molecular weight excluding hydrogens is 266 g/mol. The van der Waals surface area contributed by atoms with E-state index in [1.165, 1.54) is 5.56 Å². The van der Waals surface area contributed by atoms with E-state index in [-0.39, 0.29) is 18.4 Å². The summed E-state index contributed by atoms with van der Waals surface area (Å²) in [5.74, 6) is 0.222. The van der Waals surface area contributed by atoms with Gasteiger partial charge in [-0.15, -0.1) is 0 Å². The van der Waals surface area contributed by atoms with Gasteiger partial charge in [0.05, 0.1) is 6.04 Å². The fourth-order valence-electron chi connectivity index (χ4n) is 2.65. The summed E-state index contributed by atoms with van der Waals surface area (Å²) in [7, 11) is 0. The molecule has 0 heterocycles. The van der Waals surface area contributed by atoms with Gasteiger partial charge < -0.3 is 15.2 Å². The van der Waals surface area contributed by atoms with E-state index < -0.39 is 6.09 Å². The predicted molar refractivity (Wildman–Crippen MR) is 78.9 cm³/mol. The Morgan fingerprint density at radius 3 is 2.86 bits per heavy atom. The summed E-state index contributed by atoms with van der Waals surface area (Å²) in [5, 5.41) is 12.4. The fourth-order valence-corrected chi connectivity index (χ4v) is 2.65. The first-order valence-electron chi connectivity index (χ1n) is 7.01. The van der Waals surface area contributed by atoms with E-state index in [0.29, 0.717) is 0 Å². The number of fused-ring (bicyclic) bond motifs is 1. The van der Waals surface area contributed by atoms with Crippen molar-refractivity contribution in [1.29, 1.82) is 0 Å². The molecule has 1 amide bonds. The van der Waals surface area contributed by atoms with Crippen molar-refractivity contribution < 1.29 is 14.6 Å². The Balaban J connectivity index is 1.58. The standard InChI is InChI=1S/C17H17NO3/c19-14-8-6-13-7-9-16(15(13)10-14)18-17(20)21-11-12-4-2-1-3-5-12/h1-6,8,10,16,19H,7,9,11H2,(H,18,20). The summed E-state index contributed by atoms with van der Waals surface area (Å²) in [4.78, 5) is 11.9. The van der Waals surface area contributed by atoms with E-state index in [4.69, 9.17) is 4.74 Å². The number of rotatable bonds is 3. The minimum Gasteiger partial charge on any atom is -0.508 e. The van der Waals surface area contributed by atoms with Crippen molar-refractivity contribution in [1.82, 2.24) is 5.32 Å². The third-order valence-corrected chi connectivity index (χ3v) is 3.71. The first-order chi connectivity index (χ1) is 10.2. The second kappa shape index (κ2) is 5.87. The first kappa shape index (κ1) is 13.5. The minimum absolute atomic E-state index is 0.0876. The van der Waals surface area contributed by atoms with E-state index in [1.807, 2.05) is 36.4 Å². The van der Waals surface area contributed by atoms with Crippen molar-refractivity contribution in [3.63, 3.8) is 0 Å². The zero-order valence-electron chi connectivity index (χ0n) is 11.6. The van der Waals surface area contributed by atoms with Crippen molar-refractivity contribution in [3.8, 4) is 5.75 Å². The van der Waals surface area contributed by atoms with Crippen molar-refractivity contribution >= 4 is 6.09 Å². The van der Waals surface area contributed by atoms with Crippen LogP contribution in [-0.2, 0) is 17.8 Å². The van der Waals surface area contributed by atoms with Crippen LogP contribution in [0, 0.1) is 0 Å². The molecule has 3 rings (SSSR count). The molecular formula is C17H17NO3. The van der Waals surface area contributed by atoms with Crippen LogP contribution >= 0.6 is 0 Å². The predicted octanol–water partition coefficient (Wildman–Crippen LogP) is 3.31. The maximum atomic E-state index is 11.9. The van der Waals surface area contributed by atoms with Crippen LogP contribution in [0.15, 0.2) is 48.5 Å². The average molecular weight is 283 g/mol. The SMILES string of the molecule is O=C(NC1CCc2ccc(O)cc21)OCc1ccccc1. The molecule has 0 aromatic heterocycles. The van der Waals surface area contributed by atoms with Gasteiger partial charge in [0.2, 0.25) is 0 Å². The van der Waals surface area contributed by atoms with Gasteiger partial charge in [-0.3, -0.25) is 0 Å². The van der Waals surface area contributed by atoms with E-state index in [0.717, 1.165) is 24.0 Å². The smallest absolute Gasteiger partial charge is 0.407 e. The number of carbonyl (C=O) groups excluding carboxylic acids is 1. The number of ether oxygens (including phenoxy) is 1. The Kier molecular flexibility index (Phi) is 3.77. The van der Waals surface area contributed by atoms with Crippen LogP contribution in [0.1, 0.15) is 29.2 Å². The molecule has 1 atom stereocenters. The number of carbonyl (C=O) groups is 1. The molecule has 0 saturated heterocycles. The summed E-state index contributed by atoms with van der Waals surface area (Å²) in [5.41, 5.74) is 3.10. The molecule has 1 aliphatic rings. The number of amides is 1. The maximum Gasteiger partial charge on any atom is 0.407 e. The van der Waals surface area contributed by atoms with E-state index in [9.17, 15) is 9.90 Å². The van der Waals surface area contributed by atoms with Gasteiger partial charge in [-0.25, -0.2) is 4.79 Å². The highest BCUT2D eigenvalue weighted by Crippen LogP contribution is 2.33. The van der Waals surface area contributed by atoms with Crippen molar-refractivity contribution in [2.75, 3.05) is 0 Å². The fraction of sp³-hybridized carbons (Fsp3) is 0.235. The van der Waals surface area contributed by atoms with Gasteiger partial charge >= 0.3 is 6.09 Å². The van der Waals surface area contributed by atoms with Gasteiger partial charge in [0, 0.05) is 0 Å². The lowest BCUT2D eigenvalue weighted by Gasteiger charge is -2.14. The Morgan fingerprint density at radius 2 is 2.05 bits per heavy atom.